The second-order valence-electron chi connectivity index (χ2n) is 2.97. The van der Waals surface area contributed by atoms with E-state index in [9.17, 15) is 8.60 Å². The average molecular weight is 200 g/mol. The Balaban J connectivity index is 2.83. The molecule has 2 unspecified atom stereocenters. The summed E-state index contributed by atoms with van der Waals surface area (Å²) < 4.78 is 24.2. The first-order valence-corrected chi connectivity index (χ1v) is 5.52. The molecular formula is C10H13FOS. The maximum absolute atomic E-state index is 12.5. The molecule has 13 heavy (non-hydrogen) atoms. The summed E-state index contributed by atoms with van der Waals surface area (Å²) >= 11 is 0. The summed E-state index contributed by atoms with van der Waals surface area (Å²) in [5.41, 5.74) is 0. The zero-order chi connectivity index (χ0) is 9.84. The first kappa shape index (κ1) is 10.4. The Bertz CT molecular complexity index is 294. The van der Waals surface area contributed by atoms with E-state index < -0.39 is 10.8 Å². The fourth-order valence-electron chi connectivity index (χ4n) is 0.952. The number of hydrogen-bond donors (Lipinski definition) is 0. The van der Waals surface area contributed by atoms with Gasteiger partial charge in [0.25, 0.3) is 0 Å². The van der Waals surface area contributed by atoms with Gasteiger partial charge in [0, 0.05) is 10.1 Å². The first-order chi connectivity index (χ1) is 6.15. The highest BCUT2D eigenvalue weighted by molar-refractivity contribution is 7.85. The van der Waals surface area contributed by atoms with Gasteiger partial charge in [0.05, 0.1) is 10.8 Å². The van der Waals surface area contributed by atoms with Crippen LogP contribution >= 0.6 is 0 Å². The van der Waals surface area contributed by atoms with E-state index in [1.807, 2.05) is 13.8 Å². The SMILES string of the molecule is CCC(C)S(=O)c1ccc(F)cc1. The van der Waals surface area contributed by atoms with Crippen LogP contribution in [0.4, 0.5) is 4.39 Å². The molecule has 1 aromatic rings. The summed E-state index contributed by atoms with van der Waals surface area (Å²) in [6.07, 6.45) is 0.865. The molecular weight excluding hydrogens is 187 g/mol. The Kier molecular flexibility index (Phi) is 3.60. The highest BCUT2D eigenvalue weighted by atomic mass is 32.2. The smallest absolute Gasteiger partial charge is 0.123 e. The number of benzene rings is 1. The van der Waals surface area contributed by atoms with Crippen LogP contribution < -0.4 is 0 Å². The van der Waals surface area contributed by atoms with Crippen LogP contribution in [0, 0.1) is 5.82 Å². The van der Waals surface area contributed by atoms with Gasteiger partial charge in [-0.15, -0.1) is 0 Å². The summed E-state index contributed by atoms with van der Waals surface area (Å²) in [4.78, 5) is 0.704. The standard InChI is InChI=1S/C10H13FOS/c1-3-8(2)13(12)10-6-4-9(11)5-7-10/h4-8H,3H2,1-2H3. The molecule has 1 aromatic carbocycles. The maximum Gasteiger partial charge on any atom is 0.123 e. The minimum absolute atomic E-state index is 0.130. The lowest BCUT2D eigenvalue weighted by Crippen LogP contribution is -2.09. The summed E-state index contributed by atoms with van der Waals surface area (Å²) in [5.74, 6) is -0.287. The van der Waals surface area contributed by atoms with Gasteiger partial charge in [0.2, 0.25) is 0 Å². The zero-order valence-electron chi connectivity index (χ0n) is 7.79. The third-order valence-corrected chi connectivity index (χ3v) is 3.79. The third kappa shape index (κ3) is 2.62. The van der Waals surface area contributed by atoms with Crippen LogP contribution in [0.5, 0.6) is 0 Å². The van der Waals surface area contributed by atoms with Crippen molar-refractivity contribution in [2.75, 3.05) is 0 Å². The Morgan fingerprint density at radius 1 is 1.38 bits per heavy atom. The van der Waals surface area contributed by atoms with Gasteiger partial charge < -0.3 is 0 Å². The predicted octanol–water partition coefficient (Wildman–Crippen LogP) is 2.73. The van der Waals surface area contributed by atoms with E-state index in [0.29, 0.717) is 4.90 Å². The topological polar surface area (TPSA) is 17.1 Å². The van der Waals surface area contributed by atoms with Crippen molar-refractivity contribution in [2.45, 2.75) is 30.4 Å². The van der Waals surface area contributed by atoms with E-state index in [4.69, 9.17) is 0 Å². The molecule has 0 N–H and O–H groups in total. The Labute approximate surface area is 80.4 Å². The predicted molar refractivity (Wildman–Crippen MR) is 52.6 cm³/mol. The van der Waals surface area contributed by atoms with Crippen molar-refractivity contribution in [3.63, 3.8) is 0 Å². The fraction of sp³-hybridized carbons (Fsp3) is 0.400. The Morgan fingerprint density at radius 3 is 2.38 bits per heavy atom. The molecule has 1 nitrogen and oxygen atoms in total. The van der Waals surface area contributed by atoms with Crippen molar-refractivity contribution in [1.29, 1.82) is 0 Å². The van der Waals surface area contributed by atoms with Crippen LogP contribution in [0.3, 0.4) is 0 Å². The van der Waals surface area contributed by atoms with Gasteiger partial charge in [0.1, 0.15) is 5.82 Å². The minimum Gasteiger partial charge on any atom is -0.254 e. The van der Waals surface area contributed by atoms with Crippen LogP contribution in [0.15, 0.2) is 29.2 Å². The molecule has 3 heteroatoms. The minimum atomic E-state index is -1.00. The molecule has 0 bridgehead atoms. The van der Waals surface area contributed by atoms with Gasteiger partial charge in [-0.2, -0.15) is 0 Å². The Morgan fingerprint density at radius 2 is 1.92 bits per heavy atom. The maximum atomic E-state index is 12.5. The second-order valence-corrected chi connectivity index (χ2v) is 4.84. The lowest BCUT2D eigenvalue weighted by molar-refractivity contribution is 0.626. The van der Waals surface area contributed by atoms with Gasteiger partial charge in [-0.25, -0.2) is 4.39 Å². The van der Waals surface area contributed by atoms with Crippen molar-refractivity contribution in [2.24, 2.45) is 0 Å². The van der Waals surface area contributed by atoms with Crippen molar-refractivity contribution in [3.05, 3.63) is 30.1 Å². The van der Waals surface area contributed by atoms with Crippen LogP contribution in [0.1, 0.15) is 20.3 Å². The van der Waals surface area contributed by atoms with Crippen LogP contribution in [0.25, 0.3) is 0 Å². The molecule has 72 valence electrons. The van der Waals surface area contributed by atoms with E-state index in [2.05, 4.69) is 0 Å². The zero-order valence-corrected chi connectivity index (χ0v) is 8.60. The number of hydrogen-bond acceptors (Lipinski definition) is 1. The molecule has 1 rings (SSSR count). The van der Waals surface area contributed by atoms with E-state index in [1.54, 1.807) is 12.1 Å². The van der Waals surface area contributed by atoms with E-state index in [0.717, 1.165) is 6.42 Å². The number of halogens is 1. The van der Waals surface area contributed by atoms with E-state index in [1.165, 1.54) is 12.1 Å². The van der Waals surface area contributed by atoms with Gasteiger partial charge in [0.15, 0.2) is 0 Å². The molecule has 0 saturated carbocycles. The molecule has 0 fully saturated rings. The normalized spacial score (nSPS) is 15.3. The molecule has 0 aliphatic carbocycles. The summed E-state index contributed by atoms with van der Waals surface area (Å²) in [6.45, 7) is 3.92. The number of rotatable bonds is 3. The van der Waals surface area contributed by atoms with E-state index >= 15 is 0 Å². The molecule has 2 atom stereocenters. The van der Waals surface area contributed by atoms with Crippen LogP contribution in [-0.2, 0) is 10.8 Å². The summed E-state index contributed by atoms with van der Waals surface area (Å²) in [6, 6.07) is 5.85. The first-order valence-electron chi connectivity index (χ1n) is 4.31. The van der Waals surface area contributed by atoms with Crippen molar-refractivity contribution >= 4 is 10.8 Å². The average Bonchev–Trinajstić information content (AvgIpc) is 2.17. The summed E-state index contributed by atoms with van der Waals surface area (Å²) in [7, 11) is -1.00. The van der Waals surface area contributed by atoms with Gasteiger partial charge in [-0.3, -0.25) is 4.21 Å². The van der Waals surface area contributed by atoms with Crippen LogP contribution in [-0.4, -0.2) is 9.46 Å². The van der Waals surface area contributed by atoms with Crippen molar-refractivity contribution in [3.8, 4) is 0 Å². The monoisotopic (exact) mass is 200 g/mol. The van der Waals surface area contributed by atoms with E-state index in [-0.39, 0.29) is 11.1 Å². The highest BCUT2D eigenvalue weighted by Crippen LogP contribution is 2.13. The molecule has 0 saturated heterocycles. The van der Waals surface area contributed by atoms with Gasteiger partial charge >= 0.3 is 0 Å². The second kappa shape index (κ2) is 4.51. The highest BCUT2D eigenvalue weighted by Gasteiger charge is 2.10. The molecule has 0 spiro atoms. The van der Waals surface area contributed by atoms with Crippen molar-refractivity contribution in [1.82, 2.24) is 0 Å². The quantitative estimate of drug-likeness (QED) is 0.733. The molecule has 0 amide bonds. The fourth-order valence-corrected chi connectivity index (χ4v) is 2.12. The van der Waals surface area contributed by atoms with Gasteiger partial charge in [-0.1, -0.05) is 13.8 Å². The Hall–Kier alpha value is -0.700. The summed E-state index contributed by atoms with van der Waals surface area (Å²) in [5, 5.41) is 0.130. The van der Waals surface area contributed by atoms with Gasteiger partial charge in [-0.05, 0) is 30.7 Å². The van der Waals surface area contributed by atoms with Crippen molar-refractivity contribution < 1.29 is 8.60 Å². The molecule has 0 heterocycles. The lowest BCUT2D eigenvalue weighted by atomic mass is 10.3. The molecule has 0 aromatic heterocycles. The van der Waals surface area contributed by atoms with Crippen LogP contribution in [0.2, 0.25) is 0 Å². The third-order valence-electron chi connectivity index (χ3n) is 1.99. The molecule has 0 radical (unpaired) electrons. The molecule has 0 aliphatic heterocycles. The largest absolute Gasteiger partial charge is 0.254 e. The molecule has 0 aliphatic rings. The lowest BCUT2D eigenvalue weighted by Gasteiger charge is -2.07.